The number of anilines is 4. The molecule has 14 heteroatoms. The second-order valence-corrected chi connectivity index (χ2v) is 11.2. The predicted molar refractivity (Wildman–Crippen MR) is 164 cm³/mol. The smallest absolute Gasteiger partial charge is 0.263 e. The van der Waals surface area contributed by atoms with Crippen LogP contribution in [0.1, 0.15) is 7.43 Å². The monoisotopic (exact) mass is 607 g/mol. The standard InChI is InChI=1S/C28H29N7O6S.CH4/c1-41-22-14-20(13-21(37)16-22)30-27-28(32-25-8-3-2-7-24(25)31-27)33-42(39,40)23-6-4-5-19(15-23)29-26(38)17-34-9-11-35(18-36)12-10-34;/h2-8,13-16,18,37H,9-12,17H2,1H3,(H,29,38)(H,30,31)(H,32,33);1H4. The Morgan fingerprint density at radius 3 is 2.33 bits per heavy atom. The summed E-state index contributed by atoms with van der Waals surface area (Å²) in [5, 5.41) is 15.8. The molecule has 0 radical (unpaired) electrons. The van der Waals surface area contributed by atoms with Gasteiger partial charge in [-0.15, -0.1) is 0 Å². The molecular formula is C29H33N7O6S. The Kier molecular flexibility index (Phi) is 9.63. The first-order valence-corrected chi connectivity index (χ1v) is 14.5. The van der Waals surface area contributed by atoms with Crippen molar-refractivity contribution in [1.29, 1.82) is 0 Å². The number of rotatable bonds is 10. The molecule has 1 aromatic heterocycles. The third-order valence-corrected chi connectivity index (χ3v) is 7.88. The number of piperazine rings is 1. The Labute approximate surface area is 249 Å². The Bertz CT molecular complexity index is 1730. The number of hydrogen-bond acceptors (Lipinski definition) is 10. The van der Waals surface area contributed by atoms with Gasteiger partial charge in [-0.3, -0.25) is 19.2 Å². The maximum absolute atomic E-state index is 13.5. The Morgan fingerprint density at radius 1 is 0.953 bits per heavy atom. The second kappa shape index (κ2) is 13.4. The lowest BCUT2D eigenvalue weighted by Gasteiger charge is -2.31. The number of carbonyl (C=O) groups excluding carboxylic acids is 2. The lowest BCUT2D eigenvalue weighted by atomic mass is 10.2. The van der Waals surface area contributed by atoms with E-state index in [-0.39, 0.29) is 42.2 Å². The van der Waals surface area contributed by atoms with Crippen molar-refractivity contribution in [2.45, 2.75) is 12.3 Å². The van der Waals surface area contributed by atoms with E-state index in [1.807, 2.05) is 4.90 Å². The predicted octanol–water partition coefficient (Wildman–Crippen LogP) is 3.24. The number of nitrogens with one attached hydrogen (secondary N) is 3. The van der Waals surface area contributed by atoms with Gasteiger partial charge in [-0.1, -0.05) is 25.6 Å². The van der Waals surface area contributed by atoms with E-state index in [1.54, 1.807) is 41.3 Å². The van der Waals surface area contributed by atoms with E-state index in [9.17, 15) is 23.1 Å². The van der Waals surface area contributed by atoms with Crippen molar-refractivity contribution in [1.82, 2.24) is 19.8 Å². The molecular weight excluding hydrogens is 574 g/mol. The normalized spacial score (nSPS) is 13.6. The summed E-state index contributed by atoms with van der Waals surface area (Å²) >= 11 is 0. The molecule has 1 fully saturated rings. The molecule has 3 aromatic carbocycles. The van der Waals surface area contributed by atoms with Crippen LogP contribution in [0.4, 0.5) is 23.0 Å². The minimum Gasteiger partial charge on any atom is -0.508 e. The lowest BCUT2D eigenvalue weighted by molar-refractivity contribution is -0.120. The maximum atomic E-state index is 13.5. The highest BCUT2D eigenvalue weighted by molar-refractivity contribution is 7.92. The van der Waals surface area contributed by atoms with Crippen LogP contribution in [-0.2, 0) is 19.6 Å². The summed E-state index contributed by atoms with van der Waals surface area (Å²) in [7, 11) is -2.72. The molecule has 0 spiro atoms. The van der Waals surface area contributed by atoms with Crippen molar-refractivity contribution in [2.75, 3.05) is 55.2 Å². The van der Waals surface area contributed by atoms with Gasteiger partial charge in [-0.25, -0.2) is 18.4 Å². The van der Waals surface area contributed by atoms with Crippen LogP contribution in [-0.4, -0.2) is 85.4 Å². The van der Waals surface area contributed by atoms with Crippen LogP contribution in [0.25, 0.3) is 11.0 Å². The van der Waals surface area contributed by atoms with E-state index in [2.05, 4.69) is 25.3 Å². The van der Waals surface area contributed by atoms with Gasteiger partial charge in [0.15, 0.2) is 11.6 Å². The van der Waals surface area contributed by atoms with Gasteiger partial charge in [-0.05, 0) is 30.3 Å². The summed E-state index contributed by atoms with van der Waals surface area (Å²) in [6, 6.07) is 17.3. The van der Waals surface area contributed by atoms with Crippen LogP contribution in [0, 0.1) is 0 Å². The average molecular weight is 608 g/mol. The number of sulfonamides is 1. The quantitative estimate of drug-likeness (QED) is 0.197. The number of phenolic OH excluding ortho intramolecular Hbond substituents is 1. The highest BCUT2D eigenvalue weighted by Crippen LogP contribution is 2.31. The number of aromatic nitrogens is 2. The lowest BCUT2D eigenvalue weighted by Crippen LogP contribution is -2.48. The van der Waals surface area contributed by atoms with Crippen molar-refractivity contribution in [2.24, 2.45) is 0 Å². The van der Waals surface area contributed by atoms with Gasteiger partial charge in [0.2, 0.25) is 12.3 Å². The van der Waals surface area contributed by atoms with Crippen LogP contribution >= 0.6 is 0 Å². The molecule has 1 aliphatic heterocycles. The third-order valence-electron chi connectivity index (χ3n) is 6.54. The van der Waals surface area contributed by atoms with E-state index in [0.717, 1.165) is 6.41 Å². The number of carbonyl (C=O) groups is 2. The van der Waals surface area contributed by atoms with Crippen molar-refractivity contribution >= 4 is 56.4 Å². The summed E-state index contributed by atoms with van der Waals surface area (Å²) in [4.78, 5) is 36.1. The van der Waals surface area contributed by atoms with Gasteiger partial charge in [0.25, 0.3) is 10.0 Å². The van der Waals surface area contributed by atoms with Crippen molar-refractivity contribution in [3.05, 3.63) is 66.7 Å². The highest BCUT2D eigenvalue weighted by atomic mass is 32.2. The zero-order valence-electron chi connectivity index (χ0n) is 22.6. The third kappa shape index (κ3) is 7.67. The first-order valence-electron chi connectivity index (χ1n) is 13.0. The van der Waals surface area contributed by atoms with Crippen molar-refractivity contribution in [3.63, 3.8) is 0 Å². The highest BCUT2D eigenvalue weighted by Gasteiger charge is 2.21. The molecule has 5 rings (SSSR count). The van der Waals surface area contributed by atoms with Gasteiger partial charge in [0.05, 0.1) is 29.6 Å². The molecule has 0 atom stereocenters. The molecule has 4 aromatic rings. The zero-order valence-corrected chi connectivity index (χ0v) is 23.5. The van der Waals surface area contributed by atoms with E-state index in [1.165, 1.54) is 37.4 Å². The topological polar surface area (TPSA) is 166 Å². The average Bonchev–Trinajstić information content (AvgIpc) is 2.97. The molecule has 2 heterocycles. The minimum atomic E-state index is -4.18. The molecule has 1 saturated heterocycles. The molecule has 4 N–H and O–H groups in total. The number of hydrogen-bond donors (Lipinski definition) is 4. The first-order chi connectivity index (χ1) is 20.2. The zero-order chi connectivity index (χ0) is 29.7. The maximum Gasteiger partial charge on any atom is 0.263 e. The summed E-state index contributed by atoms with van der Waals surface area (Å²) in [5.41, 5.74) is 1.69. The summed E-state index contributed by atoms with van der Waals surface area (Å²) in [6.07, 6.45) is 0.795. The number of amides is 2. The van der Waals surface area contributed by atoms with Crippen LogP contribution in [0.5, 0.6) is 11.5 Å². The largest absolute Gasteiger partial charge is 0.508 e. The van der Waals surface area contributed by atoms with E-state index in [4.69, 9.17) is 4.74 Å². The molecule has 0 unspecified atom stereocenters. The Balaban J connectivity index is 0.00000423. The fraction of sp³-hybridized carbons (Fsp3) is 0.241. The molecule has 13 nitrogen and oxygen atoms in total. The fourth-order valence-electron chi connectivity index (χ4n) is 4.43. The Hall–Kier alpha value is -4.95. The molecule has 0 bridgehead atoms. The van der Waals surface area contributed by atoms with Gasteiger partial charge in [0, 0.05) is 55.8 Å². The molecule has 0 aliphatic carbocycles. The van der Waals surface area contributed by atoms with Crippen LogP contribution in [0.15, 0.2) is 71.6 Å². The molecule has 1 aliphatic rings. The number of aromatic hydroxyl groups is 1. The number of nitrogens with zero attached hydrogens (tertiary/aromatic N) is 4. The van der Waals surface area contributed by atoms with E-state index < -0.39 is 10.0 Å². The van der Waals surface area contributed by atoms with Crippen molar-refractivity contribution < 1.29 is 27.9 Å². The van der Waals surface area contributed by atoms with Gasteiger partial charge < -0.3 is 25.4 Å². The summed E-state index contributed by atoms with van der Waals surface area (Å²) in [6.45, 7) is 2.35. The van der Waals surface area contributed by atoms with Gasteiger partial charge >= 0.3 is 0 Å². The number of phenols is 1. The minimum absolute atomic E-state index is 0. The van der Waals surface area contributed by atoms with E-state index in [0.29, 0.717) is 54.3 Å². The molecule has 0 saturated carbocycles. The summed E-state index contributed by atoms with van der Waals surface area (Å²) < 4.78 is 34.7. The van der Waals surface area contributed by atoms with Gasteiger partial charge in [0.1, 0.15) is 11.5 Å². The van der Waals surface area contributed by atoms with Gasteiger partial charge in [-0.2, -0.15) is 0 Å². The molecule has 2 amide bonds. The first kappa shape index (κ1) is 31.0. The Morgan fingerprint density at radius 2 is 1.65 bits per heavy atom. The molecule has 43 heavy (non-hydrogen) atoms. The number of benzene rings is 3. The van der Waals surface area contributed by atoms with Crippen molar-refractivity contribution in [3.8, 4) is 11.5 Å². The van der Waals surface area contributed by atoms with Crippen LogP contribution < -0.4 is 20.1 Å². The second-order valence-electron chi connectivity index (χ2n) is 9.55. The number of fused-ring (bicyclic) bond motifs is 1. The van der Waals surface area contributed by atoms with Crippen LogP contribution in [0.3, 0.4) is 0 Å². The van der Waals surface area contributed by atoms with E-state index >= 15 is 0 Å². The SMILES string of the molecule is C.COc1cc(O)cc(Nc2nc3ccccc3nc2NS(=O)(=O)c2cccc(NC(=O)CN3CCN(C=O)CC3)c2)c1. The molecule has 226 valence electrons. The number of methoxy groups -OCH3 is 1. The summed E-state index contributed by atoms with van der Waals surface area (Å²) in [5.74, 6) is 0.0553. The fourth-order valence-corrected chi connectivity index (χ4v) is 5.48. The number of para-hydroxylation sites is 2. The number of ether oxygens (including phenoxy) is 1. The van der Waals surface area contributed by atoms with Crippen LogP contribution in [0.2, 0.25) is 0 Å².